The minimum atomic E-state index is -1.72. The zero-order valence-electron chi connectivity index (χ0n) is 21.6. The number of nitrogens with one attached hydrogen (secondary N) is 2. The number of amides is 1. The number of nitrogens with zero attached hydrogens (tertiary/aromatic N) is 6. The van der Waals surface area contributed by atoms with Gasteiger partial charge in [-0.3, -0.25) is 4.79 Å². The van der Waals surface area contributed by atoms with Crippen LogP contribution in [0.3, 0.4) is 0 Å². The van der Waals surface area contributed by atoms with Gasteiger partial charge in [0.05, 0.1) is 18.6 Å². The topological polar surface area (TPSA) is 119 Å². The van der Waals surface area contributed by atoms with Gasteiger partial charge in [0.1, 0.15) is 17.5 Å². The van der Waals surface area contributed by atoms with Crippen molar-refractivity contribution < 1.29 is 14.3 Å². The third kappa shape index (κ3) is 4.87. The summed E-state index contributed by atoms with van der Waals surface area (Å²) in [5.74, 6) is 2.65. The van der Waals surface area contributed by atoms with E-state index in [0.717, 1.165) is 22.2 Å². The quantitative estimate of drug-likeness (QED) is 0.462. The van der Waals surface area contributed by atoms with Gasteiger partial charge in [-0.2, -0.15) is 4.98 Å². The second kappa shape index (κ2) is 9.70. The third-order valence-electron chi connectivity index (χ3n) is 7.25. The van der Waals surface area contributed by atoms with Gasteiger partial charge in [-0.1, -0.05) is 13.8 Å². The van der Waals surface area contributed by atoms with E-state index in [1.165, 1.54) is 6.92 Å². The summed E-state index contributed by atoms with van der Waals surface area (Å²) in [7, 11) is 1.66. The number of alkyl halides is 1. The lowest BCUT2D eigenvalue weighted by Gasteiger charge is -2.39. The Morgan fingerprint density at radius 1 is 1.16 bits per heavy atom. The zero-order valence-corrected chi connectivity index (χ0v) is 21.6. The molecule has 2 aliphatic rings. The Kier molecular flexibility index (Phi) is 6.57. The van der Waals surface area contributed by atoms with Crippen LogP contribution in [0.15, 0.2) is 30.7 Å². The Balaban J connectivity index is 1.40. The Morgan fingerprint density at radius 2 is 1.95 bits per heavy atom. The van der Waals surface area contributed by atoms with Crippen LogP contribution in [0.4, 0.5) is 27.8 Å². The Bertz CT molecular complexity index is 1310. The molecule has 3 aromatic rings. The van der Waals surface area contributed by atoms with E-state index in [1.807, 2.05) is 18.5 Å². The number of piperidine rings is 1. The molecule has 0 radical (unpaired) electrons. The molecule has 5 rings (SSSR count). The van der Waals surface area contributed by atoms with E-state index in [2.05, 4.69) is 44.3 Å². The molecule has 196 valence electrons. The highest BCUT2D eigenvalue weighted by atomic mass is 19.1. The number of pyridine rings is 2. The Hall–Kier alpha value is -3.60. The van der Waals surface area contributed by atoms with Crippen LogP contribution in [0, 0.1) is 5.92 Å². The van der Waals surface area contributed by atoms with Gasteiger partial charge in [-0.15, -0.1) is 0 Å². The molecular formula is C26H33FN8O2. The van der Waals surface area contributed by atoms with Crippen molar-refractivity contribution in [3.05, 3.63) is 36.3 Å². The Morgan fingerprint density at radius 3 is 2.65 bits per heavy atom. The Labute approximate surface area is 215 Å². The van der Waals surface area contributed by atoms with E-state index in [1.54, 1.807) is 24.2 Å². The first-order valence-electron chi connectivity index (χ1n) is 12.6. The molecule has 0 unspecified atom stereocenters. The lowest BCUT2D eigenvalue weighted by molar-refractivity contribution is -0.125. The molecule has 11 heteroatoms. The molecule has 37 heavy (non-hydrogen) atoms. The molecule has 0 aliphatic carbocycles. The van der Waals surface area contributed by atoms with E-state index < -0.39 is 11.8 Å². The normalized spacial score (nSPS) is 22.3. The summed E-state index contributed by atoms with van der Waals surface area (Å²) in [6.07, 6.45) is 4.66. The molecule has 2 atom stereocenters. The van der Waals surface area contributed by atoms with Crippen LogP contribution in [-0.2, 0) is 4.79 Å². The highest BCUT2D eigenvalue weighted by Gasteiger charge is 2.40. The van der Waals surface area contributed by atoms with Crippen molar-refractivity contribution in [2.45, 2.75) is 44.9 Å². The molecule has 1 amide bonds. The van der Waals surface area contributed by atoms with Crippen molar-refractivity contribution in [3.63, 3.8) is 0 Å². The number of halogens is 1. The molecule has 0 bridgehead atoms. The van der Waals surface area contributed by atoms with Gasteiger partial charge in [0, 0.05) is 50.7 Å². The number of aliphatic hydroxyl groups excluding tert-OH is 1. The standard InChI is InChI=1S/C26H33FN8O2/c1-15(2)18-10-31-23(35-12-16(13-35)24(37)28-4)19-11-30-22(9-17(18)19)32-21-5-7-29-25(33-21)34-8-6-20(36)26(3,27)14-34/h5,7,9-11,15-16,20,36H,6,8,12-14H2,1-4H3,(H,28,37)(H,29,30,32,33)/t20-,26+/m1/s1. The molecular weight excluding hydrogens is 475 g/mol. The number of fused-ring (bicyclic) bond motifs is 1. The van der Waals surface area contributed by atoms with Crippen LogP contribution in [0.2, 0.25) is 0 Å². The van der Waals surface area contributed by atoms with Crippen LogP contribution < -0.4 is 20.4 Å². The average molecular weight is 509 g/mol. The number of aliphatic hydroxyl groups is 1. The van der Waals surface area contributed by atoms with Crippen molar-refractivity contribution in [1.29, 1.82) is 0 Å². The first kappa shape index (κ1) is 25.1. The summed E-state index contributed by atoms with van der Waals surface area (Å²) in [5, 5.41) is 17.9. The zero-order chi connectivity index (χ0) is 26.3. The number of carbonyl (C=O) groups is 1. The summed E-state index contributed by atoms with van der Waals surface area (Å²) >= 11 is 0. The summed E-state index contributed by atoms with van der Waals surface area (Å²) in [5.41, 5.74) is -0.620. The summed E-state index contributed by atoms with van der Waals surface area (Å²) < 4.78 is 14.7. The van der Waals surface area contributed by atoms with Gasteiger partial charge >= 0.3 is 0 Å². The van der Waals surface area contributed by atoms with E-state index >= 15 is 0 Å². The third-order valence-corrected chi connectivity index (χ3v) is 7.25. The van der Waals surface area contributed by atoms with E-state index in [0.29, 0.717) is 43.6 Å². The van der Waals surface area contributed by atoms with Gasteiger partial charge in [0.2, 0.25) is 11.9 Å². The van der Waals surface area contributed by atoms with Gasteiger partial charge in [0.15, 0.2) is 5.67 Å². The highest BCUT2D eigenvalue weighted by molar-refractivity contribution is 5.96. The number of rotatable bonds is 6. The van der Waals surface area contributed by atoms with Gasteiger partial charge in [-0.05, 0) is 42.3 Å². The number of carbonyl (C=O) groups excluding carboxylic acids is 1. The maximum atomic E-state index is 14.7. The minimum absolute atomic E-state index is 0.0244. The summed E-state index contributed by atoms with van der Waals surface area (Å²) in [4.78, 5) is 34.0. The maximum absolute atomic E-state index is 14.7. The molecule has 0 aromatic carbocycles. The van der Waals surface area contributed by atoms with Crippen LogP contribution in [0.25, 0.3) is 10.8 Å². The van der Waals surface area contributed by atoms with Crippen molar-refractivity contribution in [1.82, 2.24) is 25.3 Å². The molecule has 2 aliphatic heterocycles. The lowest BCUT2D eigenvalue weighted by Crippen LogP contribution is -2.53. The van der Waals surface area contributed by atoms with Crippen molar-refractivity contribution in [2.75, 3.05) is 48.3 Å². The van der Waals surface area contributed by atoms with Gasteiger partial charge in [-0.25, -0.2) is 19.3 Å². The van der Waals surface area contributed by atoms with E-state index in [4.69, 9.17) is 4.98 Å². The monoisotopic (exact) mass is 508 g/mol. The summed E-state index contributed by atoms with van der Waals surface area (Å²) in [6, 6.07) is 3.73. The molecule has 2 fully saturated rings. The summed E-state index contributed by atoms with van der Waals surface area (Å²) in [6.45, 7) is 7.40. The SMILES string of the molecule is CNC(=O)C1CN(c2ncc(C(C)C)c3cc(Nc4ccnc(N5CC[C@@H](O)[C@@](C)(F)C5)n4)ncc23)C1. The first-order chi connectivity index (χ1) is 17.7. The van der Waals surface area contributed by atoms with Crippen LogP contribution in [0.1, 0.15) is 38.7 Å². The number of hydrogen-bond acceptors (Lipinski definition) is 9. The molecule has 10 nitrogen and oxygen atoms in total. The van der Waals surface area contributed by atoms with Crippen LogP contribution in [0.5, 0.6) is 0 Å². The van der Waals surface area contributed by atoms with E-state index in [-0.39, 0.29) is 24.3 Å². The average Bonchev–Trinajstić information content (AvgIpc) is 2.84. The minimum Gasteiger partial charge on any atom is -0.390 e. The molecule has 3 aromatic heterocycles. The second-order valence-electron chi connectivity index (χ2n) is 10.4. The fraction of sp³-hybridized carbons (Fsp3) is 0.500. The van der Waals surface area contributed by atoms with Gasteiger partial charge in [0.25, 0.3) is 0 Å². The van der Waals surface area contributed by atoms with Crippen molar-refractivity contribution >= 4 is 40.1 Å². The predicted octanol–water partition coefficient (Wildman–Crippen LogP) is 2.77. The predicted molar refractivity (Wildman–Crippen MR) is 141 cm³/mol. The fourth-order valence-corrected chi connectivity index (χ4v) is 4.95. The van der Waals surface area contributed by atoms with Gasteiger partial charge < -0.3 is 25.5 Å². The van der Waals surface area contributed by atoms with Crippen LogP contribution >= 0.6 is 0 Å². The van der Waals surface area contributed by atoms with Crippen molar-refractivity contribution in [2.24, 2.45) is 5.92 Å². The second-order valence-corrected chi connectivity index (χ2v) is 10.4. The fourth-order valence-electron chi connectivity index (χ4n) is 4.95. The lowest BCUT2D eigenvalue weighted by atomic mass is 9.94. The molecule has 2 saturated heterocycles. The molecule has 0 saturated carbocycles. The first-order valence-corrected chi connectivity index (χ1v) is 12.6. The van der Waals surface area contributed by atoms with Crippen molar-refractivity contribution in [3.8, 4) is 0 Å². The number of anilines is 4. The highest BCUT2D eigenvalue weighted by Crippen LogP contribution is 2.35. The maximum Gasteiger partial charge on any atom is 0.227 e. The molecule has 3 N–H and O–H groups in total. The number of hydrogen-bond donors (Lipinski definition) is 3. The smallest absolute Gasteiger partial charge is 0.227 e. The largest absolute Gasteiger partial charge is 0.390 e. The van der Waals surface area contributed by atoms with E-state index in [9.17, 15) is 14.3 Å². The van der Waals surface area contributed by atoms with Crippen LogP contribution in [-0.4, -0.2) is 75.9 Å². The number of aromatic nitrogens is 4. The molecule has 5 heterocycles. The molecule has 0 spiro atoms.